The van der Waals surface area contributed by atoms with Gasteiger partial charge in [-0.1, -0.05) is 18.2 Å². The number of amides is 1. The van der Waals surface area contributed by atoms with Gasteiger partial charge in [-0.3, -0.25) is 4.79 Å². The first-order chi connectivity index (χ1) is 15.4. The summed E-state index contributed by atoms with van der Waals surface area (Å²) in [6, 6.07) is 22.2. The molecule has 1 heterocycles. The van der Waals surface area contributed by atoms with Crippen molar-refractivity contribution < 1.29 is 14.7 Å². The lowest BCUT2D eigenvalue weighted by atomic mass is 9.88. The molecule has 0 spiro atoms. The summed E-state index contributed by atoms with van der Waals surface area (Å²) in [4.78, 5) is 25.4. The zero-order valence-electron chi connectivity index (χ0n) is 17.9. The molecule has 1 amide bonds. The highest BCUT2D eigenvalue weighted by Crippen LogP contribution is 2.41. The number of carboxylic acids is 1. The van der Waals surface area contributed by atoms with E-state index in [-0.39, 0.29) is 23.6 Å². The smallest absolute Gasteiger partial charge is 0.335 e. The lowest BCUT2D eigenvalue weighted by Gasteiger charge is -2.39. The molecule has 4 rings (SSSR count). The first-order valence-corrected chi connectivity index (χ1v) is 10.4. The van der Waals surface area contributed by atoms with Crippen molar-refractivity contribution in [1.82, 2.24) is 0 Å². The second kappa shape index (κ2) is 8.56. The van der Waals surface area contributed by atoms with Gasteiger partial charge in [-0.15, -0.1) is 0 Å². The number of benzene rings is 3. The number of fused-ring (bicyclic) bond motifs is 1. The van der Waals surface area contributed by atoms with Gasteiger partial charge in [0.1, 0.15) is 0 Å². The molecule has 160 valence electrons. The number of aromatic carboxylic acids is 1. The molecule has 3 aromatic carbocycles. The van der Waals surface area contributed by atoms with Gasteiger partial charge in [0.15, 0.2) is 0 Å². The van der Waals surface area contributed by atoms with E-state index in [1.165, 1.54) is 0 Å². The minimum absolute atomic E-state index is 0.00543. The average Bonchev–Trinajstić information content (AvgIpc) is 2.79. The van der Waals surface area contributed by atoms with Crippen LogP contribution in [0.15, 0.2) is 66.7 Å². The molecule has 0 radical (unpaired) electrons. The number of carbonyl (C=O) groups excluding carboxylic acids is 1. The molecular formula is C26H23N3O3. The SMILES string of the molecule is CC(=O)N1c2ccc(-c3ccc(C(=O)O)cc3)cc2[C@@H](Nc2ccc(C#N)cc2)C[C@H]1C. The first kappa shape index (κ1) is 21.1. The quantitative estimate of drug-likeness (QED) is 0.598. The molecule has 3 aromatic rings. The van der Waals surface area contributed by atoms with E-state index in [1.807, 2.05) is 36.1 Å². The van der Waals surface area contributed by atoms with Gasteiger partial charge in [-0.25, -0.2) is 4.79 Å². The molecule has 0 aliphatic carbocycles. The predicted molar refractivity (Wildman–Crippen MR) is 124 cm³/mol. The molecule has 2 N–H and O–H groups in total. The topological polar surface area (TPSA) is 93.4 Å². The van der Waals surface area contributed by atoms with E-state index in [4.69, 9.17) is 10.4 Å². The molecule has 1 aliphatic heterocycles. The van der Waals surface area contributed by atoms with Crippen molar-refractivity contribution in [2.75, 3.05) is 10.2 Å². The summed E-state index contributed by atoms with van der Waals surface area (Å²) in [5.74, 6) is -0.964. The van der Waals surface area contributed by atoms with E-state index < -0.39 is 5.97 Å². The average molecular weight is 425 g/mol. The van der Waals surface area contributed by atoms with Crippen molar-refractivity contribution in [3.05, 3.63) is 83.4 Å². The number of hydrogen-bond donors (Lipinski definition) is 2. The number of anilines is 2. The number of rotatable bonds is 4. The molecule has 0 saturated carbocycles. The lowest BCUT2D eigenvalue weighted by Crippen LogP contribution is -2.43. The van der Waals surface area contributed by atoms with Gasteiger partial charge in [0.2, 0.25) is 5.91 Å². The normalized spacial score (nSPS) is 17.2. The Balaban J connectivity index is 1.74. The second-order valence-corrected chi connectivity index (χ2v) is 8.02. The Bertz CT molecular complexity index is 1210. The number of carboxylic acid groups (broad SMARTS) is 1. The standard InChI is InChI=1S/C26H23N3O3/c1-16-13-24(28-22-10-3-18(15-27)4-11-22)23-14-21(9-12-25(23)29(16)17(2)30)19-5-7-20(8-6-19)26(31)32/h3-12,14,16,24,28H,13H2,1-2H3,(H,31,32)/t16-,24+/m1/s1. The maximum absolute atomic E-state index is 12.4. The van der Waals surface area contributed by atoms with Crippen LogP contribution in [0.5, 0.6) is 0 Å². The molecule has 0 bridgehead atoms. The molecule has 0 aromatic heterocycles. The summed E-state index contributed by atoms with van der Waals surface area (Å²) >= 11 is 0. The predicted octanol–water partition coefficient (Wildman–Crippen LogP) is 5.22. The molecule has 32 heavy (non-hydrogen) atoms. The Morgan fingerprint density at radius 1 is 1.03 bits per heavy atom. The first-order valence-electron chi connectivity index (χ1n) is 10.4. The fourth-order valence-corrected chi connectivity index (χ4v) is 4.31. The number of nitriles is 1. The summed E-state index contributed by atoms with van der Waals surface area (Å²) in [5, 5.41) is 21.8. The molecule has 6 heteroatoms. The molecule has 6 nitrogen and oxygen atoms in total. The Kier molecular flexibility index (Phi) is 5.65. The van der Waals surface area contributed by atoms with E-state index in [1.54, 1.807) is 43.3 Å². The molecule has 1 aliphatic rings. The highest BCUT2D eigenvalue weighted by atomic mass is 16.4. The maximum Gasteiger partial charge on any atom is 0.335 e. The molecular weight excluding hydrogens is 402 g/mol. The lowest BCUT2D eigenvalue weighted by molar-refractivity contribution is -0.117. The minimum Gasteiger partial charge on any atom is -0.478 e. The van der Waals surface area contributed by atoms with Gasteiger partial charge >= 0.3 is 5.97 Å². The van der Waals surface area contributed by atoms with Crippen LogP contribution in [0.25, 0.3) is 11.1 Å². The summed E-state index contributed by atoms with van der Waals surface area (Å²) in [6.07, 6.45) is 0.730. The number of nitrogens with one attached hydrogen (secondary N) is 1. The summed E-state index contributed by atoms with van der Waals surface area (Å²) in [7, 11) is 0. The largest absolute Gasteiger partial charge is 0.478 e. The van der Waals surface area contributed by atoms with Crippen LogP contribution in [0.1, 0.15) is 47.8 Å². The van der Waals surface area contributed by atoms with E-state index in [0.717, 1.165) is 34.5 Å². The Labute approximate surface area is 186 Å². The van der Waals surface area contributed by atoms with E-state index in [9.17, 15) is 9.59 Å². The number of hydrogen-bond acceptors (Lipinski definition) is 4. The van der Waals surface area contributed by atoms with Crippen molar-refractivity contribution in [2.45, 2.75) is 32.4 Å². The molecule has 0 unspecified atom stereocenters. The highest BCUT2D eigenvalue weighted by molar-refractivity contribution is 5.94. The highest BCUT2D eigenvalue weighted by Gasteiger charge is 2.32. The van der Waals surface area contributed by atoms with Crippen LogP contribution >= 0.6 is 0 Å². The monoisotopic (exact) mass is 425 g/mol. The Morgan fingerprint density at radius 3 is 2.28 bits per heavy atom. The van der Waals surface area contributed by atoms with Crippen LogP contribution in [-0.2, 0) is 4.79 Å². The molecule has 0 saturated heterocycles. The third-order valence-corrected chi connectivity index (χ3v) is 5.84. The van der Waals surface area contributed by atoms with Gasteiger partial charge in [0.25, 0.3) is 0 Å². The van der Waals surface area contributed by atoms with Crippen LogP contribution in [0.3, 0.4) is 0 Å². The number of carbonyl (C=O) groups is 2. The molecule has 2 atom stereocenters. The molecule has 0 fully saturated rings. The van der Waals surface area contributed by atoms with Gasteiger partial charge in [0.05, 0.1) is 23.2 Å². The van der Waals surface area contributed by atoms with Crippen LogP contribution in [-0.4, -0.2) is 23.0 Å². The minimum atomic E-state index is -0.959. The van der Waals surface area contributed by atoms with Crippen LogP contribution in [0.2, 0.25) is 0 Å². The van der Waals surface area contributed by atoms with E-state index in [0.29, 0.717) is 5.56 Å². The van der Waals surface area contributed by atoms with Gasteiger partial charge < -0.3 is 15.3 Å². The summed E-state index contributed by atoms with van der Waals surface area (Å²) < 4.78 is 0. The van der Waals surface area contributed by atoms with Crippen molar-refractivity contribution in [2.24, 2.45) is 0 Å². The fourth-order valence-electron chi connectivity index (χ4n) is 4.31. The number of nitrogens with zero attached hydrogens (tertiary/aromatic N) is 2. The van der Waals surface area contributed by atoms with Crippen LogP contribution < -0.4 is 10.2 Å². The Hall–Kier alpha value is -4.11. The van der Waals surface area contributed by atoms with Crippen molar-refractivity contribution in [3.8, 4) is 17.2 Å². The van der Waals surface area contributed by atoms with E-state index in [2.05, 4.69) is 17.5 Å². The van der Waals surface area contributed by atoms with Crippen LogP contribution in [0.4, 0.5) is 11.4 Å². The van der Waals surface area contributed by atoms with Gasteiger partial charge in [-0.2, -0.15) is 5.26 Å². The fraction of sp³-hybridized carbons (Fsp3) is 0.192. The summed E-state index contributed by atoms with van der Waals surface area (Å²) in [5.41, 5.74) is 5.47. The van der Waals surface area contributed by atoms with Crippen molar-refractivity contribution >= 4 is 23.3 Å². The second-order valence-electron chi connectivity index (χ2n) is 8.02. The van der Waals surface area contributed by atoms with Crippen molar-refractivity contribution in [3.63, 3.8) is 0 Å². The van der Waals surface area contributed by atoms with Gasteiger partial charge in [-0.05, 0) is 78.6 Å². The van der Waals surface area contributed by atoms with E-state index >= 15 is 0 Å². The summed E-state index contributed by atoms with van der Waals surface area (Å²) in [6.45, 7) is 3.61. The maximum atomic E-state index is 12.4. The third-order valence-electron chi connectivity index (χ3n) is 5.84. The van der Waals surface area contributed by atoms with Gasteiger partial charge in [0, 0.05) is 24.3 Å². The Morgan fingerprint density at radius 2 is 1.69 bits per heavy atom. The van der Waals surface area contributed by atoms with Crippen LogP contribution in [0, 0.1) is 11.3 Å². The zero-order chi connectivity index (χ0) is 22.8. The zero-order valence-corrected chi connectivity index (χ0v) is 17.9. The van der Waals surface area contributed by atoms with Crippen molar-refractivity contribution in [1.29, 1.82) is 5.26 Å². The third kappa shape index (κ3) is 4.06.